The molecule has 0 bridgehead atoms. The highest BCUT2D eigenvalue weighted by atomic mass is 35.5. The molecule has 0 amide bonds. The minimum Gasteiger partial charge on any atom is -0.312 e. The number of halogens is 1. The quantitative estimate of drug-likeness (QED) is 0.571. The van der Waals surface area contributed by atoms with Crippen LogP contribution in [0.4, 0.5) is 0 Å². The van der Waals surface area contributed by atoms with Gasteiger partial charge in [-0.15, -0.1) is 11.6 Å². The van der Waals surface area contributed by atoms with Crippen LogP contribution in [0.25, 0.3) is 11.2 Å². The first-order valence-electron chi connectivity index (χ1n) is 7.21. The summed E-state index contributed by atoms with van der Waals surface area (Å²) >= 11 is 6.04. The van der Waals surface area contributed by atoms with E-state index in [-0.39, 0.29) is 0 Å². The van der Waals surface area contributed by atoms with Crippen molar-refractivity contribution in [2.75, 3.05) is 0 Å². The summed E-state index contributed by atoms with van der Waals surface area (Å²) in [6.45, 7) is 8.22. The fourth-order valence-corrected chi connectivity index (χ4v) is 2.73. The van der Waals surface area contributed by atoms with Crippen LogP contribution in [0, 0.1) is 6.92 Å². The van der Waals surface area contributed by atoms with Gasteiger partial charge >= 0.3 is 0 Å². The summed E-state index contributed by atoms with van der Waals surface area (Å²) in [4.78, 5) is 4.65. The summed E-state index contributed by atoms with van der Waals surface area (Å²) in [5.74, 6) is 1.43. The molecule has 0 aliphatic heterocycles. The third kappa shape index (κ3) is 2.78. The van der Waals surface area contributed by atoms with Gasteiger partial charge in [-0.1, -0.05) is 26.2 Å². The molecule has 0 saturated carbocycles. The molecule has 0 fully saturated rings. The molecule has 0 aliphatic rings. The van der Waals surface area contributed by atoms with E-state index >= 15 is 0 Å². The monoisotopic (exact) mass is 282 g/mol. The second kappa shape index (κ2) is 6.42. The van der Waals surface area contributed by atoms with Crippen molar-refractivity contribution in [3.05, 3.63) is 11.5 Å². The molecule has 0 N–H and O–H groups in total. The minimum absolute atomic E-state index is 0.464. The van der Waals surface area contributed by atoms with Crippen LogP contribution in [0.2, 0.25) is 0 Å². The van der Waals surface area contributed by atoms with Gasteiger partial charge in [-0.2, -0.15) is 5.10 Å². The maximum Gasteiger partial charge on any atom is 0.158 e. The average molecular weight is 283 g/mol. The number of fused-ring (bicyclic) bond motifs is 1. The number of unbranched alkanes of at least 4 members (excludes halogenated alkanes) is 3. The summed E-state index contributed by atoms with van der Waals surface area (Å²) < 4.78 is 4.29. The van der Waals surface area contributed by atoms with Crippen LogP contribution in [-0.2, 0) is 19.0 Å². The average Bonchev–Trinajstić information content (AvgIpc) is 2.93. The Morgan fingerprint density at radius 3 is 2.58 bits per heavy atom. The Bertz CT molecular complexity index is 541. The van der Waals surface area contributed by atoms with Crippen molar-refractivity contribution >= 4 is 22.8 Å². The standard InChI is InChI=1S/C14H23ClN4/c1-4-6-7-8-9-18-12(10-15)16-13-11(3)17-19(5-2)14(13)18/h4-10H2,1-3H3. The zero-order valence-electron chi connectivity index (χ0n) is 12.1. The zero-order chi connectivity index (χ0) is 13.8. The van der Waals surface area contributed by atoms with Crippen LogP contribution in [0.1, 0.15) is 51.0 Å². The highest BCUT2D eigenvalue weighted by Gasteiger charge is 2.17. The summed E-state index contributed by atoms with van der Waals surface area (Å²) in [5, 5.41) is 4.54. The number of hydrogen-bond donors (Lipinski definition) is 0. The molecule has 4 nitrogen and oxygen atoms in total. The lowest BCUT2D eigenvalue weighted by Crippen LogP contribution is -2.08. The Kier molecular flexibility index (Phi) is 4.86. The predicted molar refractivity (Wildman–Crippen MR) is 79.6 cm³/mol. The van der Waals surface area contributed by atoms with Gasteiger partial charge in [0, 0.05) is 13.1 Å². The lowest BCUT2D eigenvalue weighted by Gasteiger charge is -2.08. The third-order valence-electron chi connectivity index (χ3n) is 3.53. The maximum atomic E-state index is 6.04. The molecule has 0 aromatic carbocycles. The van der Waals surface area contributed by atoms with Gasteiger partial charge in [-0.05, 0) is 20.3 Å². The largest absolute Gasteiger partial charge is 0.312 e. The van der Waals surface area contributed by atoms with Gasteiger partial charge in [-0.25, -0.2) is 9.67 Å². The second-order valence-corrected chi connectivity index (χ2v) is 5.21. The van der Waals surface area contributed by atoms with Crippen LogP contribution in [0.3, 0.4) is 0 Å². The Hall–Kier alpha value is -1.03. The van der Waals surface area contributed by atoms with Gasteiger partial charge in [0.05, 0.1) is 11.6 Å². The molecule has 0 saturated heterocycles. The number of alkyl halides is 1. The number of hydrogen-bond acceptors (Lipinski definition) is 2. The molecule has 0 unspecified atom stereocenters. The van der Waals surface area contributed by atoms with Crippen molar-refractivity contribution in [3.8, 4) is 0 Å². The summed E-state index contributed by atoms with van der Waals surface area (Å²) in [6.07, 6.45) is 4.99. The van der Waals surface area contributed by atoms with E-state index < -0.39 is 0 Å². The normalized spacial score (nSPS) is 11.6. The highest BCUT2D eigenvalue weighted by Crippen LogP contribution is 2.21. The molecule has 2 aromatic rings. The molecule has 106 valence electrons. The first-order valence-corrected chi connectivity index (χ1v) is 7.74. The molecule has 0 radical (unpaired) electrons. The molecule has 2 aromatic heterocycles. The van der Waals surface area contributed by atoms with E-state index in [1.807, 2.05) is 11.6 Å². The van der Waals surface area contributed by atoms with Gasteiger partial charge < -0.3 is 4.57 Å². The highest BCUT2D eigenvalue weighted by molar-refractivity contribution is 6.16. The molecular formula is C14H23ClN4. The van der Waals surface area contributed by atoms with Gasteiger partial charge in [0.25, 0.3) is 0 Å². The Morgan fingerprint density at radius 2 is 1.95 bits per heavy atom. The van der Waals surface area contributed by atoms with E-state index in [0.717, 1.165) is 35.8 Å². The number of aromatic nitrogens is 4. The van der Waals surface area contributed by atoms with E-state index in [9.17, 15) is 0 Å². The number of aryl methyl sites for hydroxylation is 3. The molecule has 0 atom stereocenters. The lowest BCUT2D eigenvalue weighted by molar-refractivity contribution is 0.561. The third-order valence-corrected chi connectivity index (χ3v) is 3.77. The van der Waals surface area contributed by atoms with E-state index in [2.05, 4.69) is 28.5 Å². The lowest BCUT2D eigenvalue weighted by atomic mass is 10.2. The van der Waals surface area contributed by atoms with E-state index in [1.54, 1.807) is 0 Å². The van der Waals surface area contributed by atoms with Crippen LogP contribution >= 0.6 is 11.6 Å². The van der Waals surface area contributed by atoms with Crippen LogP contribution < -0.4 is 0 Å². The first kappa shape index (κ1) is 14.4. The van der Waals surface area contributed by atoms with Crippen molar-refractivity contribution in [1.29, 1.82) is 0 Å². The van der Waals surface area contributed by atoms with Crippen molar-refractivity contribution in [2.45, 2.75) is 65.4 Å². The molecule has 2 heterocycles. The van der Waals surface area contributed by atoms with Gasteiger partial charge in [0.1, 0.15) is 11.3 Å². The molecule has 19 heavy (non-hydrogen) atoms. The molecule has 0 aliphatic carbocycles. The molecular weight excluding hydrogens is 260 g/mol. The van der Waals surface area contributed by atoms with Crippen molar-refractivity contribution < 1.29 is 0 Å². The molecule has 2 rings (SSSR count). The van der Waals surface area contributed by atoms with E-state index in [4.69, 9.17) is 11.6 Å². The Morgan fingerprint density at radius 1 is 1.16 bits per heavy atom. The van der Waals surface area contributed by atoms with E-state index in [0.29, 0.717) is 5.88 Å². The minimum atomic E-state index is 0.464. The first-order chi connectivity index (χ1) is 9.22. The summed E-state index contributed by atoms with van der Waals surface area (Å²) in [7, 11) is 0. The Labute approximate surface area is 119 Å². The number of rotatable bonds is 7. The van der Waals surface area contributed by atoms with Gasteiger partial charge in [0.2, 0.25) is 0 Å². The van der Waals surface area contributed by atoms with Crippen LogP contribution in [0.5, 0.6) is 0 Å². The number of nitrogens with zero attached hydrogens (tertiary/aromatic N) is 4. The fourth-order valence-electron chi connectivity index (χ4n) is 2.52. The van der Waals surface area contributed by atoms with Crippen molar-refractivity contribution in [1.82, 2.24) is 19.3 Å². The van der Waals surface area contributed by atoms with Crippen LogP contribution in [0.15, 0.2) is 0 Å². The summed E-state index contributed by atoms with van der Waals surface area (Å²) in [6, 6.07) is 0. The smallest absolute Gasteiger partial charge is 0.158 e. The zero-order valence-corrected chi connectivity index (χ0v) is 12.9. The Balaban J connectivity index is 2.32. The van der Waals surface area contributed by atoms with Gasteiger partial charge in [0.15, 0.2) is 5.65 Å². The topological polar surface area (TPSA) is 35.6 Å². The fraction of sp³-hybridized carbons (Fsp3) is 0.714. The van der Waals surface area contributed by atoms with Crippen LogP contribution in [-0.4, -0.2) is 19.3 Å². The predicted octanol–water partition coefficient (Wildman–Crippen LogP) is 3.88. The SMILES string of the molecule is CCCCCCn1c(CCl)nc2c(C)nn(CC)c21. The van der Waals surface area contributed by atoms with Crippen molar-refractivity contribution in [3.63, 3.8) is 0 Å². The molecule has 5 heteroatoms. The second-order valence-electron chi connectivity index (χ2n) is 4.95. The van der Waals surface area contributed by atoms with Crippen molar-refractivity contribution in [2.24, 2.45) is 0 Å². The maximum absolute atomic E-state index is 6.04. The van der Waals surface area contributed by atoms with E-state index in [1.165, 1.54) is 25.7 Å². The number of imidazole rings is 1. The van der Waals surface area contributed by atoms with Gasteiger partial charge in [-0.3, -0.25) is 0 Å². The summed E-state index contributed by atoms with van der Waals surface area (Å²) in [5.41, 5.74) is 3.13. The molecule has 0 spiro atoms.